The van der Waals surface area contributed by atoms with Crippen LogP contribution in [0.2, 0.25) is 0 Å². The normalized spacial score (nSPS) is 16.8. The quantitative estimate of drug-likeness (QED) is 0.373. The lowest BCUT2D eigenvalue weighted by atomic mass is 9.83. The molecule has 42 heavy (non-hydrogen) atoms. The van der Waals surface area contributed by atoms with Crippen molar-refractivity contribution in [3.63, 3.8) is 0 Å². The Hall–Kier alpha value is -3.81. The summed E-state index contributed by atoms with van der Waals surface area (Å²) in [5.74, 6) is -4.62. The average Bonchev–Trinajstić information content (AvgIpc) is 3.03. The van der Waals surface area contributed by atoms with Crippen molar-refractivity contribution in [2.75, 3.05) is 35.4 Å². The van der Waals surface area contributed by atoms with Gasteiger partial charge in [0.2, 0.25) is 17.7 Å². The second-order valence-electron chi connectivity index (χ2n) is 10.00. The van der Waals surface area contributed by atoms with Gasteiger partial charge in [-0.3, -0.25) is 14.4 Å². The van der Waals surface area contributed by atoms with Crippen LogP contribution in [0.3, 0.4) is 0 Å². The maximum Gasteiger partial charge on any atom is 0.387 e. The molecule has 3 aromatic carbocycles. The van der Waals surface area contributed by atoms with E-state index in [1.807, 2.05) is 0 Å². The average molecular weight is 625 g/mol. The smallest absolute Gasteiger partial charge is 0.387 e. The van der Waals surface area contributed by atoms with Gasteiger partial charge in [0.25, 0.3) is 0 Å². The second kappa shape index (κ2) is 12.6. The van der Waals surface area contributed by atoms with E-state index in [1.54, 1.807) is 54.6 Å². The van der Waals surface area contributed by atoms with Crippen LogP contribution in [-0.4, -0.2) is 63.9 Å². The van der Waals surface area contributed by atoms with Crippen LogP contribution >= 0.6 is 12.4 Å². The number of nitrogens with two attached hydrogens (primary N) is 1. The molecule has 10 nitrogen and oxygen atoms in total. The standard InChI is InChI=1S/C28H30F2N4O6S.ClH/c1-28(32-2,26(31)37)20-15-33(24(35)16-41(3,38)39)21-10-6-7-11-22(21)34(25(20)36)14-19-18-9-5-4-8-17(18)12-13-23(19)40-27(29)30;/h4-13,20,27,32H,14-16H2,1-3H3,(H2,31,37);1H/t20-,28?;/m1./s1. The number of amides is 3. The molecule has 1 aliphatic rings. The minimum absolute atomic E-state index is 0. The number of para-hydroxylation sites is 2. The zero-order valence-corrected chi connectivity index (χ0v) is 24.7. The van der Waals surface area contributed by atoms with Crippen LogP contribution in [0, 0.1) is 5.92 Å². The molecule has 1 unspecified atom stereocenters. The molecule has 4 rings (SSSR count). The maximum atomic E-state index is 14.4. The number of halogens is 3. The zero-order valence-electron chi connectivity index (χ0n) is 23.0. The largest absolute Gasteiger partial charge is 0.434 e. The molecule has 1 heterocycles. The number of benzene rings is 3. The van der Waals surface area contributed by atoms with Crippen molar-refractivity contribution in [1.82, 2.24) is 5.32 Å². The van der Waals surface area contributed by atoms with Crippen molar-refractivity contribution in [2.24, 2.45) is 11.7 Å². The van der Waals surface area contributed by atoms with Crippen LogP contribution in [0.4, 0.5) is 20.2 Å². The van der Waals surface area contributed by atoms with Gasteiger partial charge in [0.1, 0.15) is 17.0 Å². The van der Waals surface area contributed by atoms with Gasteiger partial charge in [-0.05, 0) is 42.9 Å². The number of nitrogens with zero attached hydrogens (tertiary/aromatic N) is 2. The van der Waals surface area contributed by atoms with Crippen molar-refractivity contribution in [3.05, 3.63) is 66.2 Å². The maximum absolute atomic E-state index is 14.4. The zero-order chi connectivity index (χ0) is 30.1. The Morgan fingerprint density at radius 2 is 1.71 bits per heavy atom. The number of hydrogen-bond acceptors (Lipinski definition) is 7. The van der Waals surface area contributed by atoms with Gasteiger partial charge in [0, 0.05) is 18.4 Å². The molecule has 3 aromatic rings. The Morgan fingerprint density at radius 1 is 1.10 bits per heavy atom. The van der Waals surface area contributed by atoms with Crippen LogP contribution in [0.5, 0.6) is 5.75 Å². The van der Waals surface area contributed by atoms with Gasteiger partial charge in [-0.1, -0.05) is 42.5 Å². The third-order valence-electron chi connectivity index (χ3n) is 7.34. The van der Waals surface area contributed by atoms with Gasteiger partial charge in [0.05, 0.1) is 23.8 Å². The van der Waals surface area contributed by atoms with Crippen LogP contribution < -0.4 is 25.6 Å². The molecule has 0 bridgehead atoms. The highest BCUT2D eigenvalue weighted by molar-refractivity contribution is 7.91. The van der Waals surface area contributed by atoms with Crippen molar-refractivity contribution >= 4 is 62.1 Å². The number of fused-ring (bicyclic) bond motifs is 2. The fourth-order valence-electron chi connectivity index (χ4n) is 5.03. The van der Waals surface area contributed by atoms with Gasteiger partial charge in [-0.2, -0.15) is 8.78 Å². The Kier molecular flexibility index (Phi) is 9.81. The van der Waals surface area contributed by atoms with Crippen LogP contribution in [0.25, 0.3) is 10.8 Å². The first-order valence-corrected chi connectivity index (χ1v) is 14.7. The summed E-state index contributed by atoms with van der Waals surface area (Å²) in [5.41, 5.74) is 4.74. The number of nitrogens with one attached hydrogen (secondary N) is 1. The number of carbonyl (C=O) groups excluding carboxylic acids is 3. The number of anilines is 2. The summed E-state index contributed by atoms with van der Waals surface area (Å²) in [6.07, 6.45) is 0.912. The molecule has 0 aromatic heterocycles. The lowest BCUT2D eigenvalue weighted by Crippen LogP contribution is -2.63. The Morgan fingerprint density at radius 3 is 2.31 bits per heavy atom. The van der Waals surface area contributed by atoms with Crippen molar-refractivity contribution in [1.29, 1.82) is 0 Å². The highest BCUT2D eigenvalue weighted by atomic mass is 35.5. The van der Waals surface area contributed by atoms with E-state index >= 15 is 0 Å². The Bertz CT molecular complexity index is 1620. The molecule has 0 saturated carbocycles. The predicted octanol–water partition coefficient (Wildman–Crippen LogP) is 2.87. The van der Waals surface area contributed by atoms with Crippen molar-refractivity contribution in [2.45, 2.75) is 25.6 Å². The fourth-order valence-corrected chi connectivity index (χ4v) is 5.63. The minimum atomic E-state index is -3.76. The molecule has 226 valence electrons. The van der Waals surface area contributed by atoms with E-state index in [4.69, 9.17) is 10.5 Å². The molecule has 0 saturated heterocycles. The van der Waals surface area contributed by atoms with Gasteiger partial charge in [-0.25, -0.2) is 8.42 Å². The molecule has 14 heteroatoms. The van der Waals surface area contributed by atoms with Crippen molar-refractivity contribution < 1.29 is 36.3 Å². The van der Waals surface area contributed by atoms with Gasteiger partial charge in [0.15, 0.2) is 9.84 Å². The number of carbonyl (C=O) groups is 3. The fraction of sp³-hybridized carbons (Fsp3) is 0.321. The van der Waals surface area contributed by atoms with Crippen LogP contribution in [0.15, 0.2) is 60.7 Å². The summed E-state index contributed by atoms with van der Waals surface area (Å²) >= 11 is 0. The summed E-state index contributed by atoms with van der Waals surface area (Å²) in [6.45, 7) is -2.38. The summed E-state index contributed by atoms with van der Waals surface area (Å²) in [5, 5.41) is 4.05. The molecule has 1 aliphatic heterocycles. The minimum Gasteiger partial charge on any atom is -0.434 e. The highest BCUT2D eigenvalue weighted by Crippen LogP contribution is 2.40. The van der Waals surface area contributed by atoms with Gasteiger partial charge in [-0.15, -0.1) is 12.4 Å². The number of primary amides is 1. The van der Waals surface area contributed by atoms with E-state index in [0.717, 1.165) is 11.2 Å². The molecule has 3 amide bonds. The van der Waals surface area contributed by atoms with E-state index in [2.05, 4.69) is 5.32 Å². The first kappa shape index (κ1) is 32.7. The topological polar surface area (TPSA) is 139 Å². The van der Waals surface area contributed by atoms with Crippen LogP contribution in [-0.2, 0) is 30.8 Å². The van der Waals surface area contributed by atoms with Gasteiger partial charge < -0.3 is 25.6 Å². The number of sulfone groups is 1. The van der Waals surface area contributed by atoms with Crippen molar-refractivity contribution in [3.8, 4) is 5.75 Å². The molecule has 0 aliphatic carbocycles. The summed E-state index contributed by atoms with van der Waals surface area (Å²) < 4.78 is 55.8. The summed E-state index contributed by atoms with van der Waals surface area (Å²) in [4.78, 5) is 42.9. The number of ether oxygens (including phenoxy) is 1. The van der Waals surface area contributed by atoms with E-state index < -0.39 is 51.4 Å². The van der Waals surface area contributed by atoms with E-state index in [1.165, 1.54) is 24.9 Å². The number of likely N-dealkylation sites (N-methyl/N-ethyl adjacent to an activating group) is 1. The Labute approximate surface area is 248 Å². The van der Waals surface area contributed by atoms with E-state index in [0.29, 0.717) is 10.8 Å². The second-order valence-corrected chi connectivity index (χ2v) is 12.1. The molecule has 3 N–H and O–H groups in total. The number of rotatable bonds is 9. The first-order valence-electron chi connectivity index (χ1n) is 12.6. The van der Waals surface area contributed by atoms with Gasteiger partial charge >= 0.3 is 6.61 Å². The third kappa shape index (κ3) is 6.48. The SMILES string of the molecule is CNC(C)(C(N)=O)[C@@H]1CN(C(=O)CS(C)(=O)=O)c2ccccc2N(Cc2c(OC(F)F)ccc3ccccc23)C1=O.Cl. The lowest BCUT2D eigenvalue weighted by molar-refractivity contribution is -0.133. The van der Waals surface area contributed by atoms with E-state index in [-0.39, 0.29) is 48.2 Å². The summed E-state index contributed by atoms with van der Waals surface area (Å²) in [7, 11) is -2.33. The third-order valence-corrected chi connectivity index (χ3v) is 8.11. The predicted molar refractivity (Wildman–Crippen MR) is 158 cm³/mol. The number of hydrogen-bond donors (Lipinski definition) is 2. The molecule has 0 spiro atoms. The highest BCUT2D eigenvalue weighted by Gasteiger charge is 2.49. The van der Waals surface area contributed by atoms with E-state index in [9.17, 15) is 31.6 Å². The monoisotopic (exact) mass is 624 g/mol. The molecule has 0 fully saturated rings. The number of alkyl halides is 2. The van der Waals surface area contributed by atoms with Crippen LogP contribution in [0.1, 0.15) is 12.5 Å². The molecular weight excluding hydrogens is 594 g/mol. The summed E-state index contributed by atoms with van der Waals surface area (Å²) in [6, 6.07) is 16.3. The first-order chi connectivity index (χ1) is 19.3. The molecule has 0 radical (unpaired) electrons. The molecular formula is C28H31ClF2N4O6S. The lowest BCUT2D eigenvalue weighted by Gasteiger charge is -2.36. The Balaban J connectivity index is 0.00000484. The molecule has 2 atom stereocenters.